The second-order valence-corrected chi connectivity index (χ2v) is 4.35. The molecule has 0 bridgehead atoms. The predicted octanol–water partition coefficient (Wildman–Crippen LogP) is 4.42. The van der Waals surface area contributed by atoms with E-state index in [1.165, 1.54) is 12.1 Å². The zero-order chi connectivity index (χ0) is 12.7. The van der Waals surface area contributed by atoms with Crippen molar-refractivity contribution >= 4 is 10.9 Å². The van der Waals surface area contributed by atoms with Gasteiger partial charge in [0.1, 0.15) is 11.6 Å². The van der Waals surface area contributed by atoms with Gasteiger partial charge in [-0.25, -0.2) is 8.78 Å². The number of rotatable bonds is 1. The molecular formula is C15H11F2N. The van der Waals surface area contributed by atoms with Crippen LogP contribution in [-0.4, -0.2) is 4.98 Å². The molecule has 0 aliphatic carbocycles. The van der Waals surface area contributed by atoms with Gasteiger partial charge < -0.3 is 4.98 Å². The van der Waals surface area contributed by atoms with Crippen LogP contribution in [0.5, 0.6) is 0 Å². The third-order valence-electron chi connectivity index (χ3n) is 3.09. The Kier molecular flexibility index (Phi) is 2.40. The lowest BCUT2D eigenvalue weighted by Crippen LogP contribution is -1.86. The fraction of sp³-hybridized carbons (Fsp3) is 0.0667. The number of aryl methyl sites for hydroxylation is 1. The summed E-state index contributed by atoms with van der Waals surface area (Å²) in [5.41, 5.74) is 3.13. The molecule has 0 unspecified atom stereocenters. The first-order valence-electron chi connectivity index (χ1n) is 5.69. The normalized spacial score (nSPS) is 11.1. The van der Waals surface area contributed by atoms with Crippen LogP contribution < -0.4 is 0 Å². The summed E-state index contributed by atoms with van der Waals surface area (Å²) in [6.07, 6.45) is 0. The van der Waals surface area contributed by atoms with Crippen molar-refractivity contribution in [2.75, 3.05) is 0 Å². The van der Waals surface area contributed by atoms with Gasteiger partial charge in [-0.05, 0) is 30.7 Å². The summed E-state index contributed by atoms with van der Waals surface area (Å²) < 4.78 is 26.6. The minimum Gasteiger partial charge on any atom is -0.354 e. The Morgan fingerprint density at radius 1 is 1.00 bits per heavy atom. The SMILES string of the molecule is Cc1cccc2cc(-c3ccc(F)cc3F)[nH]c12. The molecule has 1 N–H and O–H groups in total. The molecule has 1 aromatic heterocycles. The molecule has 3 rings (SSSR count). The van der Waals surface area contributed by atoms with Gasteiger partial charge in [-0.1, -0.05) is 18.2 Å². The summed E-state index contributed by atoms with van der Waals surface area (Å²) in [4.78, 5) is 3.18. The Hall–Kier alpha value is -2.16. The molecule has 0 fully saturated rings. The lowest BCUT2D eigenvalue weighted by molar-refractivity contribution is 0.585. The molecule has 90 valence electrons. The summed E-state index contributed by atoms with van der Waals surface area (Å²) >= 11 is 0. The number of aromatic amines is 1. The molecule has 3 aromatic rings. The van der Waals surface area contributed by atoms with E-state index in [4.69, 9.17) is 0 Å². The number of nitrogens with one attached hydrogen (secondary N) is 1. The third kappa shape index (κ3) is 1.68. The minimum absolute atomic E-state index is 0.381. The Balaban J connectivity index is 2.23. The van der Waals surface area contributed by atoms with E-state index >= 15 is 0 Å². The van der Waals surface area contributed by atoms with Crippen LogP contribution >= 0.6 is 0 Å². The summed E-state index contributed by atoms with van der Waals surface area (Å²) in [5.74, 6) is -1.12. The van der Waals surface area contributed by atoms with E-state index in [9.17, 15) is 8.78 Å². The monoisotopic (exact) mass is 243 g/mol. The molecule has 0 atom stereocenters. The number of benzene rings is 2. The first-order chi connectivity index (χ1) is 8.65. The Labute approximate surface area is 103 Å². The quantitative estimate of drug-likeness (QED) is 0.651. The van der Waals surface area contributed by atoms with Crippen LogP contribution in [0.3, 0.4) is 0 Å². The lowest BCUT2D eigenvalue weighted by Gasteiger charge is -2.00. The number of aromatic nitrogens is 1. The average Bonchev–Trinajstić information content (AvgIpc) is 2.74. The maximum atomic E-state index is 13.7. The van der Waals surface area contributed by atoms with E-state index in [-0.39, 0.29) is 0 Å². The van der Waals surface area contributed by atoms with Gasteiger partial charge in [0, 0.05) is 28.2 Å². The first kappa shape index (κ1) is 11.0. The second-order valence-electron chi connectivity index (χ2n) is 4.35. The lowest BCUT2D eigenvalue weighted by atomic mass is 10.1. The standard InChI is InChI=1S/C15H11F2N/c1-9-3-2-4-10-7-14(18-15(9)10)12-6-5-11(16)8-13(12)17/h2-8,18H,1H3. The van der Waals surface area contributed by atoms with E-state index in [1.54, 1.807) is 0 Å². The zero-order valence-electron chi connectivity index (χ0n) is 9.80. The summed E-state index contributed by atoms with van der Waals surface area (Å²) in [6, 6.07) is 11.4. The van der Waals surface area contributed by atoms with Gasteiger partial charge in [0.25, 0.3) is 0 Å². The molecule has 1 heterocycles. The Bertz CT molecular complexity index is 728. The molecule has 0 saturated heterocycles. The largest absolute Gasteiger partial charge is 0.354 e. The number of hydrogen-bond donors (Lipinski definition) is 1. The van der Waals surface area contributed by atoms with Crippen LogP contribution in [0, 0.1) is 18.6 Å². The molecule has 0 radical (unpaired) electrons. The molecule has 3 heteroatoms. The molecule has 1 nitrogen and oxygen atoms in total. The third-order valence-corrected chi connectivity index (χ3v) is 3.09. The number of para-hydroxylation sites is 1. The van der Waals surface area contributed by atoms with Gasteiger partial charge in [0.05, 0.1) is 0 Å². The highest BCUT2D eigenvalue weighted by molar-refractivity contribution is 5.88. The maximum Gasteiger partial charge on any atom is 0.135 e. The minimum atomic E-state index is -0.566. The fourth-order valence-electron chi connectivity index (χ4n) is 2.16. The summed E-state index contributed by atoms with van der Waals surface area (Å²) in [5, 5.41) is 1.02. The smallest absolute Gasteiger partial charge is 0.135 e. The molecular weight excluding hydrogens is 232 g/mol. The number of hydrogen-bond acceptors (Lipinski definition) is 0. The van der Waals surface area contributed by atoms with E-state index in [0.717, 1.165) is 22.5 Å². The average molecular weight is 243 g/mol. The van der Waals surface area contributed by atoms with E-state index < -0.39 is 11.6 Å². The summed E-state index contributed by atoms with van der Waals surface area (Å²) in [6.45, 7) is 1.99. The van der Waals surface area contributed by atoms with E-state index in [1.807, 2.05) is 31.2 Å². The molecule has 0 aliphatic heterocycles. The van der Waals surface area contributed by atoms with Crippen molar-refractivity contribution in [3.05, 3.63) is 59.7 Å². The Morgan fingerprint density at radius 3 is 2.56 bits per heavy atom. The molecule has 18 heavy (non-hydrogen) atoms. The molecule has 0 aliphatic rings. The molecule has 0 saturated carbocycles. The molecule has 2 aromatic carbocycles. The highest BCUT2D eigenvalue weighted by Gasteiger charge is 2.09. The van der Waals surface area contributed by atoms with Crippen molar-refractivity contribution in [1.29, 1.82) is 0 Å². The zero-order valence-corrected chi connectivity index (χ0v) is 9.80. The van der Waals surface area contributed by atoms with Crippen LogP contribution in [-0.2, 0) is 0 Å². The van der Waals surface area contributed by atoms with E-state index in [2.05, 4.69) is 4.98 Å². The van der Waals surface area contributed by atoms with Gasteiger partial charge in [0.15, 0.2) is 0 Å². The highest BCUT2D eigenvalue weighted by Crippen LogP contribution is 2.27. The molecule has 0 spiro atoms. The van der Waals surface area contributed by atoms with Gasteiger partial charge in [-0.3, -0.25) is 0 Å². The maximum absolute atomic E-state index is 13.7. The fourth-order valence-corrected chi connectivity index (χ4v) is 2.16. The van der Waals surface area contributed by atoms with Gasteiger partial charge in [-0.2, -0.15) is 0 Å². The summed E-state index contributed by atoms with van der Waals surface area (Å²) in [7, 11) is 0. The second kappa shape index (κ2) is 3.95. The number of H-pyrrole nitrogens is 1. The van der Waals surface area contributed by atoms with Crippen LogP contribution in [0.4, 0.5) is 8.78 Å². The van der Waals surface area contributed by atoms with Gasteiger partial charge >= 0.3 is 0 Å². The number of halogens is 2. The van der Waals surface area contributed by atoms with Crippen LogP contribution in [0.2, 0.25) is 0 Å². The van der Waals surface area contributed by atoms with Crippen LogP contribution in [0.15, 0.2) is 42.5 Å². The van der Waals surface area contributed by atoms with Gasteiger partial charge in [-0.15, -0.1) is 0 Å². The van der Waals surface area contributed by atoms with Crippen LogP contribution in [0.1, 0.15) is 5.56 Å². The Morgan fingerprint density at radius 2 is 1.83 bits per heavy atom. The van der Waals surface area contributed by atoms with Crippen molar-refractivity contribution < 1.29 is 8.78 Å². The highest BCUT2D eigenvalue weighted by atomic mass is 19.1. The van der Waals surface area contributed by atoms with Crippen molar-refractivity contribution in [2.24, 2.45) is 0 Å². The van der Waals surface area contributed by atoms with Gasteiger partial charge in [0.2, 0.25) is 0 Å². The van der Waals surface area contributed by atoms with Crippen molar-refractivity contribution in [3.8, 4) is 11.3 Å². The first-order valence-corrected chi connectivity index (χ1v) is 5.69. The predicted molar refractivity (Wildman–Crippen MR) is 68.4 cm³/mol. The van der Waals surface area contributed by atoms with Crippen molar-refractivity contribution in [1.82, 2.24) is 4.98 Å². The topological polar surface area (TPSA) is 15.8 Å². The van der Waals surface area contributed by atoms with Crippen molar-refractivity contribution in [2.45, 2.75) is 6.92 Å². The van der Waals surface area contributed by atoms with Crippen LogP contribution in [0.25, 0.3) is 22.2 Å². The van der Waals surface area contributed by atoms with E-state index in [0.29, 0.717) is 11.3 Å². The molecule has 0 amide bonds. The van der Waals surface area contributed by atoms with Crippen molar-refractivity contribution in [3.63, 3.8) is 0 Å². The number of fused-ring (bicyclic) bond motifs is 1.